The van der Waals surface area contributed by atoms with Gasteiger partial charge < -0.3 is 46.0 Å². The average Bonchev–Trinajstić information content (AvgIpc) is 3.76. The molecule has 1 aromatic heterocycles. The molecule has 0 radical (unpaired) electrons. The summed E-state index contributed by atoms with van der Waals surface area (Å²) < 4.78 is 5.64. The lowest BCUT2D eigenvalue weighted by Crippen LogP contribution is -2.61. The highest BCUT2D eigenvalue weighted by Gasteiger charge is 2.48. The molecular weight excluding hydrogens is 877 g/mol. The molecule has 5 N–H and O–H groups in total. The smallest absolute Gasteiger partial charge is 0.410 e. The fourth-order valence-electron chi connectivity index (χ4n) is 8.30. The van der Waals surface area contributed by atoms with Crippen LogP contribution in [0.3, 0.4) is 0 Å². The predicted molar refractivity (Wildman–Crippen MR) is 250 cm³/mol. The molecular formula is C48H70N10O10. The number of likely N-dealkylation sites (N-methyl/N-ethyl adjacent to an activating group) is 2. The maximum absolute atomic E-state index is 14.8. The lowest BCUT2D eigenvalue weighted by molar-refractivity contribution is -0.143. The van der Waals surface area contributed by atoms with Crippen molar-refractivity contribution in [3.63, 3.8) is 0 Å². The van der Waals surface area contributed by atoms with Crippen LogP contribution in [0.4, 0.5) is 4.79 Å². The number of hydrogen-bond donors (Lipinski definition) is 5. The molecule has 1 saturated carbocycles. The zero-order chi connectivity index (χ0) is 50.5. The summed E-state index contributed by atoms with van der Waals surface area (Å²) >= 11 is 0. The number of aromatic nitrogens is 2. The SMILES string of the molecule is CCC[C@H](NC(=O)C1CN(C(=O)OC(C)(C)C)CC1N(C)C(=O)[C@@H](NC(=O)[C@@H](NC(=O)c1cnccn1)C1CCCCC1)C(C)(C)C)C(=O)C(=O)NCC(=O)N[C@H](C(=O)N(C)C)c1ccccc1. The van der Waals surface area contributed by atoms with Gasteiger partial charge in [0.25, 0.3) is 11.8 Å². The number of likely N-dealkylation sites (tertiary alicyclic amines) is 1. The van der Waals surface area contributed by atoms with E-state index in [1.165, 1.54) is 54.4 Å². The van der Waals surface area contributed by atoms with E-state index in [9.17, 15) is 43.2 Å². The maximum Gasteiger partial charge on any atom is 0.410 e. The third-order valence-corrected chi connectivity index (χ3v) is 12.0. The number of hydrogen-bond acceptors (Lipinski definition) is 12. The molecule has 2 aromatic rings. The second kappa shape index (κ2) is 24.0. The summed E-state index contributed by atoms with van der Waals surface area (Å²) in [5.41, 5.74) is -1.26. The topological polar surface area (TPSA) is 259 Å². The molecule has 1 aliphatic heterocycles. The second-order valence-electron chi connectivity index (χ2n) is 19.8. The molecule has 20 heteroatoms. The largest absolute Gasteiger partial charge is 0.444 e. The Labute approximate surface area is 398 Å². The van der Waals surface area contributed by atoms with Crippen LogP contribution in [0.5, 0.6) is 0 Å². The van der Waals surface area contributed by atoms with Crippen LogP contribution in [-0.2, 0) is 38.3 Å². The number of ether oxygens (including phenoxy) is 1. The number of carbonyl (C=O) groups excluding carboxylic acids is 9. The molecule has 20 nitrogen and oxygen atoms in total. The Morgan fingerprint density at radius 1 is 0.824 bits per heavy atom. The van der Waals surface area contributed by atoms with Crippen LogP contribution in [0, 0.1) is 17.3 Å². The number of carbonyl (C=O) groups is 9. The first-order valence-electron chi connectivity index (χ1n) is 23.2. The van der Waals surface area contributed by atoms with E-state index in [1.807, 2.05) is 0 Å². The fraction of sp³-hybridized carbons (Fsp3) is 0.604. The Bertz CT molecular complexity index is 2120. The number of ketones is 1. The summed E-state index contributed by atoms with van der Waals surface area (Å²) in [4.78, 5) is 135. The molecule has 8 amide bonds. The molecule has 372 valence electrons. The highest BCUT2D eigenvalue weighted by Crippen LogP contribution is 2.30. The van der Waals surface area contributed by atoms with Crippen molar-refractivity contribution in [3.05, 3.63) is 60.2 Å². The second-order valence-corrected chi connectivity index (χ2v) is 19.8. The van der Waals surface area contributed by atoms with Crippen LogP contribution in [0.15, 0.2) is 48.9 Å². The zero-order valence-corrected chi connectivity index (χ0v) is 41.0. The molecule has 0 bridgehead atoms. The van der Waals surface area contributed by atoms with Crippen LogP contribution < -0.4 is 26.6 Å². The van der Waals surface area contributed by atoms with Crippen LogP contribution in [-0.4, -0.2) is 148 Å². The van der Waals surface area contributed by atoms with Crippen molar-refractivity contribution in [2.45, 2.75) is 129 Å². The van der Waals surface area contributed by atoms with Crippen LogP contribution >= 0.6 is 0 Å². The van der Waals surface area contributed by atoms with Crippen LogP contribution in [0.1, 0.15) is 116 Å². The van der Waals surface area contributed by atoms with Crippen LogP contribution in [0.25, 0.3) is 0 Å². The van der Waals surface area contributed by atoms with Gasteiger partial charge in [0.1, 0.15) is 29.4 Å². The maximum atomic E-state index is 14.8. The number of nitrogens with zero attached hydrogens (tertiary/aromatic N) is 5. The minimum atomic E-state index is -1.35. The highest BCUT2D eigenvalue weighted by atomic mass is 16.6. The molecule has 4 rings (SSSR count). The van der Waals surface area contributed by atoms with E-state index in [4.69, 9.17) is 4.74 Å². The van der Waals surface area contributed by atoms with Gasteiger partial charge in [-0.05, 0) is 56.9 Å². The molecule has 1 aliphatic carbocycles. The zero-order valence-electron chi connectivity index (χ0n) is 41.0. The lowest BCUT2D eigenvalue weighted by Gasteiger charge is -2.38. The van der Waals surface area contributed by atoms with Crippen molar-refractivity contribution in [2.75, 3.05) is 40.8 Å². The summed E-state index contributed by atoms with van der Waals surface area (Å²) in [6, 6.07) is 2.93. The van der Waals surface area contributed by atoms with E-state index in [1.54, 1.807) is 78.8 Å². The predicted octanol–water partition coefficient (Wildman–Crippen LogP) is 2.30. The normalized spacial score (nSPS) is 18.1. The first kappa shape index (κ1) is 54.1. The van der Waals surface area contributed by atoms with Gasteiger partial charge in [0.05, 0.1) is 30.7 Å². The van der Waals surface area contributed by atoms with Crippen molar-refractivity contribution < 1.29 is 47.9 Å². The van der Waals surface area contributed by atoms with Crippen molar-refractivity contribution in [1.29, 1.82) is 0 Å². The monoisotopic (exact) mass is 947 g/mol. The summed E-state index contributed by atoms with van der Waals surface area (Å²) in [6.07, 6.45) is 7.83. The molecule has 2 unspecified atom stereocenters. The van der Waals surface area contributed by atoms with Crippen molar-refractivity contribution in [1.82, 2.24) is 51.3 Å². The van der Waals surface area contributed by atoms with Gasteiger partial charge >= 0.3 is 6.09 Å². The third-order valence-electron chi connectivity index (χ3n) is 12.0. The molecule has 68 heavy (non-hydrogen) atoms. The summed E-state index contributed by atoms with van der Waals surface area (Å²) in [5, 5.41) is 13.4. The van der Waals surface area contributed by atoms with E-state index in [-0.39, 0.29) is 31.1 Å². The van der Waals surface area contributed by atoms with Gasteiger partial charge in [-0.1, -0.05) is 83.7 Å². The van der Waals surface area contributed by atoms with Crippen LogP contribution in [0.2, 0.25) is 0 Å². The molecule has 6 atom stereocenters. The minimum Gasteiger partial charge on any atom is -0.444 e. The van der Waals surface area contributed by atoms with Gasteiger partial charge in [-0.25, -0.2) is 9.78 Å². The first-order valence-corrected chi connectivity index (χ1v) is 23.2. The first-order chi connectivity index (χ1) is 31.9. The fourth-order valence-corrected chi connectivity index (χ4v) is 8.30. The van der Waals surface area contributed by atoms with Gasteiger partial charge in [-0.3, -0.25) is 43.3 Å². The summed E-state index contributed by atoms with van der Waals surface area (Å²) in [7, 11) is 4.54. The number of amides is 8. The third kappa shape index (κ3) is 15.0. The molecule has 2 heterocycles. The molecule has 2 fully saturated rings. The van der Waals surface area contributed by atoms with Gasteiger partial charge in [-0.2, -0.15) is 0 Å². The van der Waals surface area contributed by atoms with Gasteiger partial charge in [0.15, 0.2) is 0 Å². The molecule has 2 aliphatic rings. The molecule has 1 saturated heterocycles. The Morgan fingerprint density at radius 3 is 2.06 bits per heavy atom. The van der Waals surface area contributed by atoms with Gasteiger partial charge in [0.2, 0.25) is 35.3 Å². The number of nitrogens with one attached hydrogen (secondary N) is 5. The van der Waals surface area contributed by atoms with Gasteiger partial charge in [0, 0.05) is 46.6 Å². The van der Waals surface area contributed by atoms with Crippen molar-refractivity contribution in [3.8, 4) is 0 Å². The minimum absolute atomic E-state index is 0.0300. The van der Waals surface area contributed by atoms with E-state index < -0.39 is 107 Å². The van der Waals surface area contributed by atoms with Crippen molar-refractivity contribution >= 4 is 53.2 Å². The quantitative estimate of drug-likeness (QED) is 0.135. The van der Waals surface area contributed by atoms with Gasteiger partial charge in [-0.15, -0.1) is 0 Å². The van der Waals surface area contributed by atoms with E-state index >= 15 is 0 Å². The highest BCUT2D eigenvalue weighted by molar-refractivity contribution is 6.38. The average molecular weight is 947 g/mol. The summed E-state index contributed by atoms with van der Waals surface area (Å²) in [5.74, 6) is -7.16. The Hall–Kier alpha value is -6.47. The molecule has 1 aromatic carbocycles. The lowest BCUT2D eigenvalue weighted by atomic mass is 9.82. The Morgan fingerprint density at radius 2 is 1.49 bits per heavy atom. The van der Waals surface area contributed by atoms with E-state index in [2.05, 4.69) is 36.6 Å². The summed E-state index contributed by atoms with van der Waals surface area (Å²) in [6.45, 7) is 11.1. The van der Waals surface area contributed by atoms with E-state index in [0.717, 1.165) is 19.3 Å². The number of rotatable bonds is 18. The molecule has 0 spiro atoms. The number of benzene rings is 1. The Kier molecular flexibility index (Phi) is 19.1. The van der Waals surface area contributed by atoms with E-state index in [0.29, 0.717) is 24.8 Å². The van der Waals surface area contributed by atoms with Crippen molar-refractivity contribution in [2.24, 2.45) is 17.3 Å². The number of Topliss-reactive ketones (excluding diaryl/α,β-unsaturated/α-hetero) is 1. The standard InChI is InChI=1S/C48H70N10O10/c1-11-18-32(38(60)43(64)51-26-35(59)53-37(44(65)56(8)9)30-21-16-13-17-22-30)52-40(61)31-27-58(46(67)68-48(5,6)7)28-34(31)57(10)45(66)39(47(2,3)4)55-42(63)36(29-19-14-12-15-20-29)54-41(62)33-25-49-23-24-50-33/h13,16-17,21-25,29,31-32,34,36-37,39H,11-12,14-15,18-20,26-28H2,1-10H3,(H,51,64)(H,52,61)(H,53,59)(H,54,62)(H,55,63)/t31?,32-,34?,36-,37-,39+/m0/s1. The Balaban J connectivity index is 1.55.